The summed E-state index contributed by atoms with van der Waals surface area (Å²) in [4.78, 5) is 1.98. The average molecular weight is 315 g/mol. The lowest BCUT2D eigenvalue weighted by Gasteiger charge is -2.53. The number of halogens is 2. The number of nitrogens with zero attached hydrogens (tertiary/aromatic N) is 1. The van der Waals surface area contributed by atoms with Gasteiger partial charge in [0.05, 0.1) is 6.04 Å². The second-order valence-electron chi connectivity index (χ2n) is 5.75. The van der Waals surface area contributed by atoms with E-state index in [0.717, 1.165) is 5.56 Å². The topological polar surface area (TPSA) is 24.5 Å². The van der Waals surface area contributed by atoms with Gasteiger partial charge >= 0.3 is 0 Å². The number of benzene rings is 1. The first-order valence-corrected chi connectivity index (χ1v) is 7.38. The zero-order chi connectivity index (χ0) is 14.7. The standard InChI is InChI=1S/C14H16ClFN2OS/c1-7(2)18-13(20)17-11-6-14(18,3)19-12-9(11)4-8(15)5-10(12)16/h4-5,7,11H,6H2,1-3H3,(H,17,20). The van der Waals surface area contributed by atoms with Gasteiger partial charge in [-0.1, -0.05) is 11.6 Å². The SMILES string of the molecule is CC(C)N1C(=S)NC2CC1(C)Oc1c(F)cc(Cl)cc12. The molecule has 1 aromatic carbocycles. The van der Waals surface area contributed by atoms with Gasteiger partial charge in [-0.3, -0.25) is 0 Å². The smallest absolute Gasteiger partial charge is 0.184 e. The van der Waals surface area contributed by atoms with Crippen LogP contribution in [-0.4, -0.2) is 21.8 Å². The second kappa shape index (κ2) is 4.46. The summed E-state index contributed by atoms with van der Waals surface area (Å²) in [5, 5.41) is 4.26. The van der Waals surface area contributed by atoms with Crippen molar-refractivity contribution in [2.24, 2.45) is 0 Å². The molecule has 2 unspecified atom stereocenters. The highest BCUT2D eigenvalue weighted by atomic mass is 35.5. The molecule has 1 aromatic rings. The molecule has 6 heteroatoms. The second-order valence-corrected chi connectivity index (χ2v) is 6.58. The van der Waals surface area contributed by atoms with Gasteiger partial charge in [0.2, 0.25) is 0 Å². The molecule has 3 nitrogen and oxygen atoms in total. The Morgan fingerprint density at radius 2 is 2.25 bits per heavy atom. The molecule has 2 heterocycles. The van der Waals surface area contributed by atoms with Crippen LogP contribution >= 0.6 is 23.8 Å². The largest absolute Gasteiger partial charge is 0.465 e. The van der Waals surface area contributed by atoms with E-state index in [-0.39, 0.29) is 17.8 Å². The molecule has 0 saturated carbocycles. The van der Waals surface area contributed by atoms with Gasteiger partial charge in [0.25, 0.3) is 0 Å². The van der Waals surface area contributed by atoms with Crippen molar-refractivity contribution >= 4 is 28.9 Å². The highest BCUT2D eigenvalue weighted by molar-refractivity contribution is 7.80. The van der Waals surface area contributed by atoms with Crippen molar-refractivity contribution in [3.8, 4) is 5.75 Å². The fourth-order valence-electron chi connectivity index (χ4n) is 3.19. The van der Waals surface area contributed by atoms with Gasteiger partial charge in [0, 0.05) is 23.0 Å². The number of nitrogens with one attached hydrogen (secondary N) is 1. The summed E-state index contributed by atoms with van der Waals surface area (Å²) in [5.41, 5.74) is 0.0984. The molecular weight excluding hydrogens is 299 g/mol. The maximum Gasteiger partial charge on any atom is 0.184 e. The first kappa shape index (κ1) is 13.9. The third-order valence-electron chi connectivity index (χ3n) is 3.86. The summed E-state index contributed by atoms with van der Waals surface area (Å²) < 4.78 is 20.1. The van der Waals surface area contributed by atoms with Crippen LogP contribution in [0, 0.1) is 5.82 Å². The van der Waals surface area contributed by atoms with E-state index in [2.05, 4.69) is 5.32 Å². The van der Waals surface area contributed by atoms with Crippen molar-refractivity contribution < 1.29 is 9.13 Å². The van der Waals surface area contributed by atoms with E-state index < -0.39 is 11.5 Å². The lowest BCUT2D eigenvalue weighted by atomic mass is 9.90. The molecule has 0 spiro atoms. The Morgan fingerprint density at radius 3 is 2.90 bits per heavy atom. The van der Waals surface area contributed by atoms with E-state index in [1.54, 1.807) is 6.07 Å². The van der Waals surface area contributed by atoms with Crippen molar-refractivity contribution in [2.75, 3.05) is 0 Å². The third-order valence-corrected chi connectivity index (χ3v) is 4.39. The minimum absolute atomic E-state index is 0.0700. The molecule has 0 radical (unpaired) electrons. The molecule has 1 N–H and O–H groups in total. The van der Waals surface area contributed by atoms with Gasteiger partial charge in [-0.2, -0.15) is 0 Å². The van der Waals surface area contributed by atoms with Crippen molar-refractivity contribution in [3.63, 3.8) is 0 Å². The van der Waals surface area contributed by atoms with Crippen molar-refractivity contribution in [3.05, 3.63) is 28.5 Å². The van der Waals surface area contributed by atoms with Crippen LogP contribution in [0.15, 0.2) is 12.1 Å². The summed E-state index contributed by atoms with van der Waals surface area (Å²) in [6.45, 7) is 6.03. The van der Waals surface area contributed by atoms with Crippen molar-refractivity contribution in [2.45, 2.75) is 45.0 Å². The van der Waals surface area contributed by atoms with Crippen LogP contribution in [0.1, 0.15) is 38.8 Å². The van der Waals surface area contributed by atoms with Crippen LogP contribution in [-0.2, 0) is 0 Å². The summed E-state index contributed by atoms with van der Waals surface area (Å²) in [7, 11) is 0. The van der Waals surface area contributed by atoms with Crippen LogP contribution in [0.2, 0.25) is 5.02 Å². The normalized spacial score (nSPS) is 28.0. The van der Waals surface area contributed by atoms with E-state index in [0.29, 0.717) is 16.6 Å². The average Bonchev–Trinajstić information content (AvgIpc) is 2.29. The Labute approximate surface area is 128 Å². The molecule has 108 valence electrons. The van der Waals surface area contributed by atoms with Crippen LogP contribution in [0.4, 0.5) is 4.39 Å². The number of fused-ring (bicyclic) bond motifs is 4. The van der Waals surface area contributed by atoms with E-state index in [4.69, 9.17) is 28.6 Å². The fraction of sp³-hybridized carbons (Fsp3) is 0.500. The molecule has 0 amide bonds. The molecule has 1 fully saturated rings. The Balaban J connectivity index is 2.13. The van der Waals surface area contributed by atoms with Gasteiger partial charge in [-0.15, -0.1) is 0 Å². The van der Waals surface area contributed by atoms with Gasteiger partial charge in [0.15, 0.2) is 22.4 Å². The number of rotatable bonds is 1. The number of hydrogen-bond acceptors (Lipinski definition) is 2. The highest BCUT2D eigenvalue weighted by Gasteiger charge is 2.49. The number of thiocarbonyl (C=S) groups is 1. The highest BCUT2D eigenvalue weighted by Crippen LogP contribution is 2.46. The van der Waals surface area contributed by atoms with E-state index >= 15 is 0 Å². The Hall–Kier alpha value is -1.07. The summed E-state index contributed by atoms with van der Waals surface area (Å²) in [6, 6.07) is 3.12. The monoisotopic (exact) mass is 314 g/mol. The van der Waals surface area contributed by atoms with Crippen LogP contribution in [0.25, 0.3) is 0 Å². The van der Waals surface area contributed by atoms with Gasteiger partial charge < -0.3 is 15.0 Å². The maximum atomic E-state index is 14.1. The Morgan fingerprint density at radius 1 is 1.55 bits per heavy atom. The lowest BCUT2D eigenvalue weighted by molar-refractivity contribution is -0.0831. The summed E-state index contributed by atoms with van der Waals surface area (Å²) in [5.74, 6) is -0.157. The van der Waals surface area contributed by atoms with E-state index in [1.807, 2.05) is 25.7 Å². The van der Waals surface area contributed by atoms with Crippen LogP contribution in [0.3, 0.4) is 0 Å². The van der Waals surface area contributed by atoms with Crippen molar-refractivity contribution in [1.29, 1.82) is 0 Å². The van der Waals surface area contributed by atoms with Gasteiger partial charge in [0.1, 0.15) is 0 Å². The molecule has 2 aliphatic rings. The predicted octanol–water partition coefficient (Wildman–Crippen LogP) is 3.62. The van der Waals surface area contributed by atoms with E-state index in [1.165, 1.54) is 6.07 Å². The molecule has 2 atom stereocenters. The van der Waals surface area contributed by atoms with Gasteiger partial charge in [-0.25, -0.2) is 4.39 Å². The minimum atomic E-state index is -0.636. The van der Waals surface area contributed by atoms with Gasteiger partial charge in [-0.05, 0) is 45.1 Å². The Bertz CT molecular complexity index is 595. The molecule has 0 aromatic heterocycles. The molecule has 2 bridgehead atoms. The predicted molar refractivity (Wildman–Crippen MR) is 80.5 cm³/mol. The number of ether oxygens (including phenoxy) is 1. The minimum Gasteiger partial charge on any atom is -0.465 e. The zero-order valence-corrected chi connectivity index (χ0v) is 13.1. The molecule has 20 heavy (non-hydrogen) atoms. The maximum absolute atomic E-state index is 14.1. The first-order chi connectivity index (χ1) is 9.32. The quantitative estimate of drug-likeness (QED) is 0.800. The fourth-order valence-corrected chi connectivity index (χ4v) is 3.95. The molecule has 2 aliphatic heterocycles. The van der Waals surface area contributed by atoms with Crippen molar-refractivity contribution in [1.82, 2.24) is 10.2 Å². The zero-order valence-electron chi connectivity index (χ0n) is 11.5. The molecule has 3 rings (SSSR count). The lowest BCUT2D eigenvalue weighted by Crippen LogP contribution is -2.66. The number of hydrogen-bond donors (Lipinski definition) is 1. The van der Waals surface area contributed by atoms with Crippen LogP contribution in [0.5, 0.6) is 5.75 Å². The van der Waals surface area contributed by atoms with E-state index in [9.17, 15) is 4.39 Å². The molecule has 0 aliphatic carbocycles. The Kier molecular flexibility index (Phi) is 3.10. The molecular formula is C14H16ClFN2OS. The summed E-state index contributed by atoms with van der Waals surface area (Å²) in [6.07, 6.45) is 0.693. The van der Waals surface area contributed by atoms with Crippen LogP contribution < -0.4 is 10.1 Å². The third kappa shape index (κ3) is 1.95. The summed E-state index contributed by atoms with van der Waals surface area (Å²) >= 11 is 11.4. The first-order valence-electron chi connectivity index (χ1n) is 6.59. The molecule has 1 saturated heterocycles.